The van der Waals surface area contributed by atoms with Gasteiger partial charge >= 0.3 is 12.4 Å². The Morgan fingerprint density at radius 3 is 1.16 bits per heavy atom. The van der Waals surface area contributed by atoms with Crippen LogP contribution in [0.4, 0.5) is 26.3 Å². The molecule has 0 heterocycles. The highest BCUT2D eigenvalue weighted by atomic mass is 19.4. The Labute approximate surface area is 321 Å². The minimum absolute atomic E-state index is 0.209. The number of hydrogen-bond acceptors (Lipinski definition) is 3. The molecule has 0 spiro atoms. The molecule has 0 saturated heterocycles. The standard InChI is InChI=1S/C46H52F6O3/c1-31-3-13-37(14-4-31)39-17-7-33(8-18-39)23-41-25-35(27-53-29-45(47,48)49)11-21-43(41)55-44-22-12-36(28-54-30-46(50,51)52)26-42(44)24-34-9-19-40(20-10-34)38-15-5-32(2)6-16-38/h7-12,17-22,25-26,31-32,37-38H,3-6,13-16,23-24,27-30H2,1-2H3. The van der Waals surface area contributed by atoms with Crippen LogP contribution in [0.2, 0.25) is 0 Å². The summed E-state index contributed by atoms with van der Waals surface area (Å²) < 4.78 is 93.9. The lowest BCUT2D eigenvalue weighted by molar-refractivity contribution is -0.177. The summed E-state index contributed by atoms with van der Waals surface area (Å²) in [5.74, 6) is 3.69. The number of ether oxygens (including phenoxy) is 3. The molecule has 296 valence electrons. The minimum Gasteiger partial charge on any atom is -0.457 e. The predicted molar refractivity (Wildman–Crippen MR) is 204 cm³/mol. The molecule has 2 saturated carbocycles. The van der Waals surface area contributed by atoms with Gasteiger partial charge in [0.1, 0.15) is 24.7 Å². The third-order valence-corrected chi connectivity index (χ3v) is 11.3. The molecule has 0 aliphatic heterocycles. The number of rotatable bonds is 14. The quantitative estimate of drug-likeness (QED) is 0.120. The average molecular weight is 767 g/mol. The fraction of sp³-hybridized carbons (Fsp3) is 0.478. The van der Waals surface area contributed by atoms with Crippen molar-refractivity contribution < 1.29 is 40.6 Å². The van der Waals surface area contributed by atoms with Crippen LogP contribution in [-0.4, -0.2) is 25.6 Å². The molecule has 4 aromatic carbocycles. The summed E-state index contributed by atoms with van der Waals surface area (Å²) in [5, 5.41) is 0. The Kier molecular flexibility index (Phi) is 13.7. The molecule has 6 rings (SSSR count). The maximum Gasteiger partial charge on any atom is 0.411 e. The maximum atomic E-state index is 12.9. The molecule has 3 nitrogen and oxygen atoms in total. The Morgan fingerprint density at radius 1 is 0.473 bits per heavy atom. The van der Waals surface area contributed by atoms with E-state index < -0.39 is 25.6 Å². The zero-order valence-corrected chi connectivity index (χ0v) is 31.8. The van der Waals surface area contributed by atoms with Crippen LogP contribution in [0, 0.1) is 11.8 Å². The van der Waals surface area contributed by atoms with Crippen molar-refractivity contribution in [3.63, 3.8) is 0 Å². The predicted octanol–water partition coefficient (Wildman–Crippen LogP) is 13.4. The smallest absolute Gasteiger partial charge is 0.411 e. The van der Waals surface area contributed by atoms with Crippen LogP contribution in [0.25, 0.3) is 0 Å². The van der Waals surface area contributed by atoms with Crippen LogP contribution in [0.15, 0.2) is 84.9 Å². The van der Waals surface area contributed by atoms with Gasteiger partial charge in [-0.2, -0.15) is 26.3 Å². The SMILES string of the molecule is CC1CCC(c2ccc(Cc3cc(COCC(F)(F)F)ccc3Oc3ccc(COCC(F)(F)F)cc3Cc3ccc(C4CCC(C)CC4)cc3)cc2)CC1. The van der Waals surface area contributed by atoms with Crippen molar-refractivity contribution in [2.45, 2.75) is 115 Å². The van der Waals surface area contributed by atoms with Crippen molar-refractivity contribution >= 4 is 0 Å². The molecule has 4 aromatic rings. The lowest BCUT2D eigenvalue weighted by Gasteiger charge is -2.26. The zero-order chi connectivity index (χ0) is 39.0. The third-order valence-electron chi connectivity index (χ3n) is 11.3. The first-order valence-electron chi connectivity index (χ1n) is 19.6. The van der Waals surface area contributed by atoms with Crippen molar-refractivity contribution in [1.29, 1.82) is 0 Å². The van der Waals surface area contributed by atoms with E-state index in [0.29, 0.717) is 47.3 Å². The van der Waals surface area contributed by atoms with Crippen molar-refractivity contribution in [1.82, 2.24) is 0 Å². The lowest BCUT2D eigenvalue weighted by Crippen LogP contribution is -2.16. The highest BCUT2D eigenvalue weighted by Gasteiger charge is 2.28. The van der Waals surface area contributed by atoms with E-state index in [1.807, 2.05) is 12.1 Å². The van der Waals surface area contributed by atoms with E-state index in [1.165, 1.54) is 62.5 Å². The fourth-order valence-electron chi connectivity index (χ4n) is 8.05. The van der Waals surface area contributed by atoms with E-state index >= 15 is 0 Å². The summed E-state index contributed by atoms with van der Waals surface area (Å²) in [4.78, 5) is 0. The molecule has 2 aliphatic carbocycles. The van der Waals surface area contributed by atoms with Gasteiger partial charge in [0, 0.05) is 12.8 Å². The van der Waals surface area contributed by atoms with Crippen LogP contribution in [-0.2, 0) is 35.5 Å². The van der Waals surface area contributed by atoms with Crippen molar-refractivity contribution in [3.05, 3.63) is 129 Å². The van der Waals surface area contributed by atoms with Gasteiger partial charge in [-0.1, -0.05) is 100 Å². The first-order chi connectivity index (χ1) is 26.3. The molecule has 0 radical (unpaired) electrons. The largest absolute Gasteiger partial charge is 0.457 e. The van der Waals surface area contributed by atoms with Crippen LogP contribution >= 0.6 is 0 Å². The molecular weight excluding hydrogens is 714 g/mol. The summed E-state index contributed by atoms with van der Waals surface area (Å²) in [5.41, 5.74) is 7.46. The zero-order valence-electron chi connectivity index (χ0n) is 31.8. The summed E-state index contributed by atoms with van der Waals surface area (Å²) in [6, 6.07) is 27.8. The maximum absolute atomic E-state index is 12.9. The highest BCUT2D eigenvalue weighted by molar-refractivity contribution is 5.47. The Hall–Kier alpha value is -3.82. The van der Waals surface area contributed by atoms with Crippen molar-refractivity contribution in [2.75, 3.05) is 13.2 Å². The lowest BCUT2D eigenvalue weighted by atomic mass is 9.79. The molecular formula is C46H52F6O3. The molecule has 0 N–H and O–H groups in total. The van der Waals surface area contributed by atoms with Gasteiger partial charge in [-0.05, 0) is 118 Å². The summed E-state index contributed by atoms with van der Waals surface area (Å²) in [7, 11) is 0. The van der Waals surface area contributed by atoms with E-state index in [4.69, 9.17) is 14.2 Å². The number of benzene rings is 4. The molecule has 55 heavy (non-hydrogen) atoms. The van der Waals surface area contributed by atoms with Gasteiger partial charge in [0.25, 0.3) is 0 Å². The van der Waals surface area contributed by atoms with Gasteiger partial charge in [-0.15, -0.1) is 0 Å². The first-order valence-corrected chi connectivity index (χ1v) is 19.6. The minimum atomic E-state index is -4.43. The molecule has 0 atom stereocenters. The van der Waals surface area contributed by atoms with Crippen LogP contribution < -0.4 is 4.74 Å². The molecule has 2 fully saturated rings. The third kappa shape index (κ3) is 12.6. The summed E-state index contributed by atoms with van der Waals surface area (Å²) in [6.07, 6.45) is 1.71. The Morgan fingerprint density at radius 2 is 0.818 bits per heavy atom. The van der Waals surface area contributed by atoms with E-state index in [9.17, 15) is 26.3 Å². The van der Waals surface area contributed by atoms with Gasteiger partial charge < -0.3 is 14.2 Å². The Bertz CT molecular complexity index is 1670. The van der Waals surface area contributed by atoms with Crippen LogP contribution in [0.5, 0.6) is 11.5 Å². The average Bonchev–Trinajstić information content (AvgIpc) is 3.14. The second-order valence-corrected chi connectivity index (χ2v) is 16.0. The van der Waals surface area contributed by atoms with Gasteiger partial charge in [0.15, 0.2) is 0 Å². The van der Waals surface area contributed by atoms with Crippen LogP contribution in [0.3, 0.4) is 0 Å². The molecule has 0 amide bonds. The van der Waals surface area contributed by atoms with Gasteiger partial charge in [0.2, 0.25) is 0 Å². The number of alkyl halides is 6. The normalized spacial score (nSPS) is 20.7. The van der Waals surface area contributed by atoms with Crippen molar-refractivity contribution in [2.24, 2.45) is 11.8 Å². The molecule has 2 aliphatic rings. The number of hydrogen-bond donors (Lipinski definition) is 0. The molecule has 0 aromatic heterocycles. The fourth-order valence-corrected chi connectivity index (χ4v) is 8.05. The van der Waals surface area contributed by atoms with Gasteiger partial charge in [-0.3, -0.25) is 0 Å². The topological polar surface area (TPSA) is 27.7 Å². The Balaban J connectivity index is 1.25. The second-order valence-electron chi connectivity index (χ2n) is 16.0. The second kappa shape index (κ2) is 18.4. The number of halogens is 6. The highest BCUT2D eigenvalue weighted by Crippen LogP contribution is 2.38. The molecule has 9 heteroatoms. The van der Waals surface area contributed by atoms with Crippen molar-refractivity contribution in [3.8, 4) is 11.5 Å². The van der Waals surface area contributed by atoms with E-state index in [-0.39, 0.29) is 13.2 Å². The van der Waals surface area contributed by atoms with E-state index in [2.05, 4.69) is 62.4 Å². The molecule has 0 unspecified atom stereocenters. The first kappa shape index (κ1) is 40.8. The van der Waals surface area contributed by atoms with E-state index in [1.54, 1.807) is 24.3 Å². The summed E-state index contributed by atoms with van der Waals surface area (Å²) >= 11 is 0. The van der Waals surface area contributed by atoms with Gasteiger partial charge in [-0.25, -0.2) is 0 Å². The van der Waals surface area contributed by atoms with E-state index in [0.717, 1.165) is 34.1 Å². The molecule has 0 bridgehead atoms. The monoisotopic (exact) mass is 766 g/mol. The van der Waals surface area contributed by atoms with Gasteiger partial charge in [0.05, 0.1) is 13.2 Å². The van der Waals surface area contributed by atoms with Crippen LogP contribution in [0.1, 0.15) is 122 Å². The summed E-state index contributed by atoms with van der Waals surface area (Å²) in [6.45, 7) is 1.51.